The summed E-state index contributed by atoms with van der Waals surface area (Å²) in [6, 6.07) is 0.526. The van der Waals surface area contributed by atoms with Gasteiger partial charge in [-0.1, -0.05) is 32.1 Å². The lowest BCUT2D eigenvalue weighted by Gasteiger charge is -2.26. The first-order chi connectivity index (χ1) is 8.29. The lowest BCUT2D eigenvalue weighted by molar-refractivity contribution is -0.146. The minimum atomic E-state index is -0.0504. The van der Waals surface area contributed by atoms with Crippen molar-refractivity contribution in [3.05, 3.63) is 0 Å². The Balaban J connectivity index is 1.81. The molecule has 98 valence electrons. The van der Waals surface area contributed by atoms with Gasteiger partial charge in [0.1, 0.15) is 6.04 Å². The van der Waals surface area contributed by atoms with E-state index < -0.39 is 0 Å². The summed E-state index contributed by atoms with van der Waals surface area (Å²) in [7, 11) is 0. The van der Waals surface area contributed by atoms with Crippen molar-refractivity contribution >= 4 is 5.97 Å². The third-order valence-electron chi connectivity index (χ3n) is 3.88. The van der Waals surface area contributed by atoms with Crippen LogP contribution in [0.25, 0.3) is 0 Å². The molecule has 0 aromatic rings. The standard InChI is InChI=1S/C14H25NO2/c1-2-17-14(16)13(15-12-8-9-12)10-11-6-4-3-5-7-11/h11-13,15H,2-10H2,1H3. The molecule has 1 unspecified atom stereocenters. The molecule has 1 N–H and O–H groups in total. The van der Waals surface area contributed by atoms with Crippen LogP contribution in [0.15, 0.2) is 0 Å². The molecule has 1 atom stereocenters. The highest BCUT2D eigenvalue weighted by Gasteiger charge is 2.31. The molecule has 0 radical (unpaired) electrons. The molecule has 2 aliphatic carbocycles. The van der Waals surface area contributed by atoms with Crippen LogP contribution in [0.3, 0.4) is 0 Å². The fourth-order valence-electron chi connectivity index (χ4n) is 2.77. The van der Waals surface area contributed by atoms with Crippen LogP contribution in [0.1, 0.15) is 58.3 Å². The van der Waals surface area contributed by atoms with Crippen LogP contribution in [-0.4, -0.2) is 24.7 Å². The van der Waals surface area contributed by atoms with E-state index in [1.165, 1.54) is 44.9 Å². The molecule has 0 spiro atoms. The molecule has 2 aliphatic rings. The average molecular weight is 239 g/mol. The number of carbonyl (C=O) groups excluding carboxylic acids is 1. The number of esters is 1. The van der Waals surface area contributed by atoms with E-state index in [4.69, 9.17) is 4.74 Å². The van der Waals surface area contributed by atoms with Gasteiger partial charge in [-0.3, -0.25) is 4.79 Å². The lowest BCUT2D eigenvalue weighted by Crippen LogP contribution is -2.41. The zero-order chi connectivity index (χ0) is 12.1. The van der Waals surface area contributed by atoms with E-state index in [-0.39, 0.29) is 12.0 Å². The highest BCUT2D eigenvalue weighted by atomic mass is 16.5. The summed E-state index contributed by atoms with van der Waals surface area (Å²) >= 11 is 0. The van der Waals surface area contributed by atoms with Crippen LogP contribution in [0.2, 0.25) is 0 Å². The fraction of sp³-hybridized carbons (Fsp3) is 0.929. The summed E-state index contributed by atoms with van der Waals surface area (Å²) in [6.45, 7) is 2.37. The summed E-state index contributed by atoms with van der Waals surface area (Å²) < 4.78 is 5.17. The van der Waals surface area contributed by atoms with Gasteiger partial charge in [-0.15, -0.1) is 0 Å². The Bertz CT molecular complexity index is 245. The van der Waals surface area contributed by atoms with E-state index in [0.29, 0.717) is 12.6 Å². The van der Waals surface area contributed by atoms with Gasteiger partial charge in [-0.25, -0.2) is 0 Å². The third kappa shape index (κ3) is 4.30. The van der Waals surface area contributed by atoms with E-state index in [1.807, 2.05) is 6.92 Å². The fourth-order valence-corrected chi connectivity index (χ4v) is 2.77. The second kappa shape index (κ2) is 6.39. The summed E-state index contributed by atoms with van der Waals surface area (Å²) in [5.74, 6) is 0.689. The molecule has 0 bridgehead atoms. The topological polar surface area (TPSA) is 38.3 Å². The Hall–Kier alpha value is -0.570. The highest BCUT2D eigenvalue weighted by molar-refractivity contribution is 5.75. The predicted molar refractivity (Wildman–Crippen MR) is 67.8 cm³/mol. The zero-order valence-electron chi connectivity index (χ0n) is 10.9. The van der Waals surface area contributed by atoms with E-state index in [2.05, 4.69) is 5.32 Å². The van der Waals surface area contributed by atoms with Gasteiger partial charge in [0.05, 0.1) is 6.61 Å². The van der Waals surface area contributed by atoms with Crippen molar-refractivity contribution in [2.75, 3.05) is 6.61 Å². The van der Waals surface area contributed by atoms with Crippen LogP contribution >= 0.6 is 0 Å². The van der Waals surface area contributed by atoms with Crippen molar-refractivity contribution in [2.24, 2.45) is 5.92 Å². The molecular weight excluding hydrogens is 214 g/mol. The monoisotopic (exact) mass is 239 g/mol. The Morgan fingerprint density at radius 3 is 2.53 bits per heavy atom. The van der Waals surface area contributed by atoms with E-state index in [9.17, 15) is 4.79 Å². The molecule has 0 heterocycles. The molecule has 0 saturated heterocycles. The molecule has 3 heteroatoms. The average Bonchev–Trinajstić information content (AvgIpc) is 3.14. The Kier molecular flexibility index (Phi) is 4.84. The number of hydrogen-bond acceptors (Lipinski definition) is 3. The van der Waals surface area contributed by atoms with Gasteiger partial charge in [0.15, 0.2) is 0 Å². The van der Waals surface area contributed by atoms with Crippen LogP contribution in [0.5, 0.6) is 0 Å². The molecule has 2 saturated carbocycles. The molecular formula is C14H25NO2. The van der Waals surface area contributed by atoms with Gasteiger partial charge >= 0.3 is 5.97 Å². The first-order valence-electron chi connectivity index (χ1n) is 7.22. The number of carbonyl (C=O) groups is 1. The Morgan fingerprint density at radius 2 is 1.94 bits per heavy atom. The molecule has 3 nitrogen and oxygen atoms in total. The minimum Gasteiger partial charge on any atom is -0.465 e. The number of ether oxygens (including phenoxy) is 1. The smallest absolute Gasteiger partial charge is 0.323 e. The molecule has 0 amide bonds. The minimum absolute atomic E-state index is 0.0371. The molecule has 2 rings (SSSR count). The van der Waals surface area contributed by atoms with Gasteiger partial charge in [-0.2, -0.15) is 0 Å². The van der Waals surface area contributed by atoms with Crippen molar-refractivity contribution in [1.82, 2.24) is 5.32 Å². The van der Waals surface area contributed by atoms with Crippen LogP contribution in [-0.2, 0) is 9.53 Å². The van der Waals surface area contributed by atoms with Crippen molar-refractivity contribution in [1.29, 1.82) is 0 Å². The summed E-state index contributed by atoms with van der Waals surface area (Å²) in [5.41, 5.74) is 0. The largest absolute Gasteiger partial charge is 0.465 e. The Morgan fingerprint density at radius 1 is 1.24 bits per heavy atom. The molecule has 0 aromatic carbocycles. The normalized spacial score (nSPS) is 23.4. The quantitative estimate of drug-likeness (QED) is 0.724. The van der Waals surface area contributed by atoms with Crippen molar-refractivity contribution < 1.29 is 9.53 Å². The SMILES string of the molecule is CCOC(=O)C(CC1CCCCC1)NC1CC1. The van der Waals surface area contributed by atoms with Gasteiger partial charge in [0, 0.05) is 6.04 Å². The van der Waals surface area contributed by atoms with E-state index in [0.717, 1.165) is 12.3 Å². The van der Waals surface area contributed by atoms with E-state index >= 15 is 0 Å². The molecule has 17 heavy (non-hydrogen) atoms. The van der Waals surface area contributed by atoms with Crippen molar-refractivity contribution in [3.63, 3.8) is 0 Å². The number of rotatable bonds is 6. The Labute approximate surface area is 104 Å². The number of hydrogen-bond donors (Lipinski definition) is 1. The first-order valence-corrected chi connectivity index (χ1v) is 7.22. The van der Waals surface area contributed by atoms with Crippen molar-refractivity contribution in [2.45, 2.75) is 70.4 Å². The molecule has 2 fully saturated rings. The van der Waals surface area contributed by atoms with Gasteiger partial charge in [0.25, 0.3) is 0 Å². The molecule has 0 aliphatic heterocycles. The lowest BCUT2D eigenvalue weighted by atomic mass is 9.85. The second-order valence-corrected chi connectivity index (χ2v) is 5.49. The summed E-state index contributed by atoms with van der Waals surface area (Å²) in [4.78, 5) is 11.9. The van der Waals surface area contributed by atoms with Crippen LogP contribution < -0.4 is 5.32 Å². The van der Waals surface area contributed by atoms with Crippen LogP contribution in [0, 0.1) is 5.92 Å². The summed E-state index contributed by atoms with van der Waals surface area (Å²) in [6.07, 6.45) is 10.1. The maximum Gasteiger partial charge on any atom is 0.323 e. The number of nitrogens with one attached hydrogen (secondary N) is 1. The van der Waals surface area contributed by atoms with Crippen LogP contribution in [0.4, 0.5) is 0 Å². The zero-order valence-corrected chi connectivity index (χ0v) is 10.9. The summed E-state index contributed by atoms with van der Waals surface area (Å²) in [5, 5.41) is 3.45. The third-order valence-corrected chi connectivity index (χ3v) is 3.88. The van der Waals surface area contributed by atoms with Gasteiger partial charge in [-0.05, 0) is 32.1 Å². The predicted octanol–water partition coefficient (Wildman–Crippen LogP) is 2.64. The second-order valence-electron chi connectivity index (χ2n) is 5.49. The van der Waals surface area contributed by atoms with Crippen molar-refractivity contribution in [3.8, 4) is 0 Å². The first kappa shape index (κ1) is 12.9. The maximum absolute atomic E-state index is 11.9. The molecule has 0 aromatic heterocycles. The maximum atomic E-state index is 11.9. The highest BCUT2D eigenvalue weighted by Crippen LogP contribution is 2.29. The van der Waals surface area contributed by atoms with Gasteiger partial charge in [0.2, 0.25) is 0 Å². The van der Waals surface area contributed by atoms with Gasteiger partial charge < -0.3 is 10.1 Å². The van der Waals surface area contributed by atoms with E-state index in [1.54, 1.807) is 0 Å².